The van der Waals surface area contributed by atoms with Crippen molar-refractivity contribution >= 4 is 0 Å². The van der Waals surface area contributed by atoms with Crippen LogP contribution in [-0.4, -0.2) is 37.6 Å². The van der Waals surface area contributed by atoms with E-state index in [-0.39, 0.29) is 0 Å². The maximum absolute atomic E-state index is 3.77. The highest BCUT2D eigenvalue weighted by Gasteiger charge is 2.38. The van der Waals surface area contributed by atoms with Crippen LogP contribution in [-0.2, 0) is 0 Å². The lowest BCUT2D eigenvalue weighted by molar-refractivity contribution is 0.215. The predicted octanol–water partition coefficient (Wildman–Crippen LogP) is 2.47. The molecule has 98 valence electrons. The molecule has 0 unspecified atom stereocenters. The summed E-state index contributed by atoms with van der Waals surface area (Å²) in [6.07, 6.45) is 4.06. The molecule has 2 aliphatic rings. The van der Waals surface area contributed by atoms with Gasteiger partial charge >= 0.3 is 0 Å². The number of likely N-dealkylation sites (tertiary alicyclic amines) is 1. The second-order valence-corrected chi connectivity index (χ2v) is 6.01. The molecule has 2 atom stereocenters. The van der Waals surface area contributed by atoms with Gasteiger partial charge in [-0.3, -0.25) is 0 Å². The molecule has 2 nitrogen and oxygen atoms in total. The SMILES string of the molecule is CN1CCC(CN[C@H]2C[C@@H]2c2ccccc2)CC1. The Labute approximate surface area is 110 Å². The van der Waals surface area contributed by atoms with Crippen molar-refractivity contribution in [1.82, 2.24) is 10.2 Å². The Morgan fingerprint density at radius 2 is 1.89 bits per heavy atom. The molecule has 1 aromatic carbocycles. The molecular formula is C16H24N2. The van der Waals surface area contributed by atoms with Crippen molar-refractivity contribution < 1.29 is 0 Å². The molecule has 1 N–H and O–H groups in total. The molecule has 3 rings (SSSR count). The van der Waals surface area contributed by atoms with Gasteiger partial charge in [-0.2, -0.15) is 0 Å². The molecular weight excluding hydrogens is 220 g/mol. The number of hydrogen-bond donors (Lipinski definition) is 1. The first-order chi connectivity index (χ1) is 8.83. The second-order valence-electron chi connectivity index (χ2n) is 6.01. The van der Waals surface area contributed by atoms with Crippen molar-refractivity contribution in [3.05, 3.63) is 35.9 Å². The molecule has 0 spiro atoms. The molecule has 1 saturated carbocycles. The molecule has 0 amide bonds. The molecule has 1 aliphatic heterocycles. The van der Waals surface area contributed by atoms with Gasteiger partial charge in [0.15, 0.2) is 0 Å². The quantitative estimate of drug-likeness (QED) is 0.875. The zero-order valence-corrected chi connectivity index (χ0v) is 11.3. The summed E-state index contributed by atoms with van der Waals surface area (Å²) in [6.45, 7) is 3.78. The van der Waals surface area contributed by atoms with Crippen LogP contribution in [0.1, 0.15) is 30.7 Å². The van der Waals surface area contributed by atoms with E-state index in [2.05, 4.69) is 47.6 Å². The predicted molar refractivity (Wildman–Crippen MR) is 75.8 cm³/mol. The third kappa shape index (κ3) is 2.93. The van der Waals surface area contributed by atoms with Crippen LogP contribution >= 0.6 is 0 Å². The summed E-state index contributed by atoms with van der Waals surface area (Å²) in [4.78, 5) is 2.44. The van der Waals surface area contributed by atoms with E-state index in [4.69, 9.17) is 0 Å². The van der Waals surface area contributed by atoms with Gasteiger partial charge in [-0.25, -0.2) is 0 Å². The van der Waals surface area contributed by atoms with Crippen LogP contribution in [0.2, 0.25) is 0 Å². The van der Waals surface area contributed by atoms with Crippen molar-refractivity contribution in [2.75, 3.05) is 26.7 Å². The lowest BCUT2D eigenvalue weighted by Crippen LogP contribution is -2.35. The topological polar surface area (TPSA) is 15.3 Å². The van der Waals surface area contributed by atoms with E-state index in [1.807, 2.05) is 0 Å². The molecule has 0 bridgehead atoms. The van der Waals surface area contributed by atoms with E-state index < -0.39 is 0 Å². The highest BCUT2D eigenvalue weighted by Crippen LogP contribution is 2.40. The van der Waals surface area contributed by atoms with Gasteiger partial charge in [0.1, 0.15) is 0 Å². The van der Waals surface area contributed by atoms with Crippen LogP contribution in [0.15, 0.2) is 30.3 Å². The smallest absolute Gasteiger partial charge is 0.0143 e. The zero-order valence-electron chi connectivity index (χ0n) is 11.3. The second kappa shape index (κ2) is 5.41. The van der Waals surface area contributed by atoms with E-state index in [9.17, 15) is 0 Å². The Bertz CT molecular complexity index is 368. The van der Waals surface area contributed by atoms with Crippen molar-refractivity contribution in [3.8, 4) is 0 Å². The monoisotopic (exact) mass is 244 g/mol. The summed E-state index contributed by atoms with van der Waals surface area (Å²) in [5.41, 5.74) is 1.51. The van der Waals surface area contributed by atoms with Gasteiger partial charge in [0.2, 0.25) is 0 Å². The average Bonchev–Trinajstić information content (AvgIpc) is 3.19. The molecule has 1 saturated heterocycles. The third-order valence-corrected chi connectivity index (χ3v) is 4.53. The number of hydrogen-bond acceptors (Lipinski definition) is 2. The largest absolute Gasteiger partial charge is 0.313 e. The third-order valence-electron chi connectivity index (χ3n) is 4.53. The maximum atomic E-state index is 3.77. The Morgan fingerprint density at radius 3 is 2.61 bits per heavy atom. The van der Waals surface area contributed by atoms with Crippen LogP contribution in [0.3, 0.4) is 0 Å². The van der Waals surface area contributed by atoms with E-state index in [1.165, 1.54) is 44.5 Å². The van der Waals surface area contributed by atoms with Gasteiger partial charge in [-0.15, -0.1) is 0 Å². The number of benzene rings is 1. The van der Waals surface area contributed by atoms with Gasteiger partial charge in [-0.1, -0.05) is 30.3 Å². The molecule has 18 heavy (non-hydrogen) atoms. The summed E-state index contributed by atoms with van der Waals surface area (Å²) in [5, 5.41) is 3.77. The van der Waals surface area contributed by atoms with Crippen molar-refractivity contribution in [2.24, 2.45) is 5.92 Å². The Morgan fingerprint density at radius 1 is 1.17 bits per heavy atom. The normalized spacial score (nSPS) is 29.4. The highest BCUT2D eigenvalue weighted by atomic mass is 15.1. The fraction of sp³-hybridized carbons (Fsp3) is 0.625. The van der Waals surface area contributed by atoms with Crippen molar-refractivity contribution in [1.29, 1.82) is 0 Å². The van der Waals surface area contributed by atoms with Gasteiger partial charge < -0.3 is 10.2 Å². The summed E-state index contributed by atoms with van der Waals surface area (Å²) >= 11 is 0. The first kappa shape index (κ1) is 12.2. The van der Waals surface area contributed by atoms with E-state index in [1.54, 1.807) is 0 Å². The average molecular weight is 244 g/mol. The molecule has 1 aliphatic carbocycles. The van der Waals surface area contributed by atoms with Crippen LogP contribution in [0.25, 0.3) is 0 Å². The van der Waals surface area contributed by atoms with E-state index in [0.717, 1.165) is 17.9 Å². The van der Waals surface area contributed by atoms with Gasteiger partial charge in [0, 0.05) is 12.0 Å². The zero-order chi connectivity index (χ0) is 12.4. The summed E-state index contributed by atoms with van der Waals surface area (Å²) in [6, 6.07) is 11.7. The fourth-order valence-electron chi connectivity index (χ4n) is 3.07. The molecule has 2 heteroatoms. The minimum Gasteiger partial charge on any atom is -0.313 e. The lowest BCUT2D eigenvalue weighted by Gasteiger charge is -2.29. The van der Waals surface area contributed by atoms with Crippen LogP contribution in [0.4, 0.5) is 0 Å². The van der Waals surface area contributed by atoms with Crippen molar-refractivity contribution in [2.45, 2.75) is 31.2 Å². The van der Waals surface area contributed by atoms with E-state index in [0.29, 0.717) is 0 Å². The summed E-state index contributed by atoms with van der Waals surface area (Å²) in [7, 11) is 2.23. The first-order valence-electron chi connectivity index (χ1n) is 7.30. The summed E-state index contributed by atoms with van der Waals surface area (Å²) < 4.78 is 0. The molecule has 2 fully saturated rings. The number of nitrogens with zero attached hydrogens (tertiary/aromatic N) is 1. The minimum atomic E-state index is 0.743. The number of rotatable bonds is 4. The number of piperidine rings is 1. The Kier molecular flexibility index (Phi) is 3.67. The fourth-order valence-corrected chi connectivity index (χ4v) is 3.07. The highest BCUT2D eigenvalue weighted by molar-refractivity contribution is 5.27. The van der Waals surface area contributed by atoms with E-state index >= 15 is 0 Å². The van der Waals surface area contributed by atoms with Gasteiger partial charge in [-0.05, 0) is 57.4 Å². The Balaban J connectivity index is 1.41. The molecule has 0 radical (unpaired) electrons. The number of nitrogens with one attached hydrogen (secondary N) is 1. The molecule has 1 aromatic rings. The summed E-state index contributed by atoms with van der Waals surface area (Å²) in [5.74, 6) is 1.68. The van der Waals surface area contributed by atoms with Crippen LogP contribution in [0.5, 0.6) is 0 Å². The molecule has 1 heterocycles. The maximum Gasteiger partial charge on any atom is 0.0143 e. The van der Waals surface area contributed by atoms with Crippen LogP contribution < -0.4 is 5.32 Å². The first-order valence-corrected chi connectivity index (χ1v) is 7.30. The minimum absolute atomic E-state index is 0.743. The molecule has 0 aromatic heterocycles. The lowest BCUT2D eigenvalue weighted by atomic mass is 9.97. The van der Waals surface area contributed by atoms with Crippen molar-refractivity contribution in [3.63, 3.8) is 0 Å². The Hall–Kier alpha value is -0.860. The van der Waals surface area contributed by atoms with Gasteiger partial charge in [0.25, 0.3) is 0 Å². The standard InChI is InChI=1S/C16H24N2/c1-18-9-7-13(8-10-18)12-17-16-11-15(16)14-5-3-2-4-6-14/h2-6,13,15-17H,7-12H2,1H3/t15-,16+/m1/s1. The van der Waals surface area contributed by atoms with Crippen LogP contribution in [0, 0.1) is 5.92 Å². The van der Waals surface area contributed by atoms with Gasteiger partial charge in [0.05, 0.1) is 0 Å².